The van der Waals surface area contributed by atoms with Crippen LogP contribution in [-0.4, -0.2) is 37.4 Å². The third kappa shape index (κ3) is 6.41. The van der Waals surface area contributed by atoms with Gasteiger partial charge in [0.05, 0.1) is 26.2 Å². The van der Waals surface area contributed by atoms with Gasteiger partial charge in [0, 0.05) is 11.0 Å². The van der Waals surface area contributed by atoms with Gasteiger partial charge in [-0.2, -0.15) is 0 Å². The Balaban J connectivity index is 2.18. The minimum atomic E-state index is -0.0279. The molecule has 5 heteroatoms. The second-order valence-corrected chi connectivity index (χ2v) is 4.40. The average Bonchev–Trinajstić information content (AvgIpc) is 2.32. The summed E-state index contributed by atoms with van der Waals surface area (Å²) in [7, 11) is 0. The van der Waals surface area contributed by atoms with E-state index in [-0.39, 0.29) is 12.5 Å². The van der Waals surface area contributed by atoms with Gasteiger partial charge < -0.3 is 15.2 Å². The van der Waals surface area contributed by atoms with Crippen molar-refractivity contribution in [2.45, 2.75) is 6.42 Å². The highest BCUT2D eigenvalue weighted by molar-refractivity contribution is 9.10. The summed E-state index contributed by atoms with van der Waals surface area (Å²) in [4.78, 5) is 11.5. The number of amides is 1. The van der Waals surface area contributed by atoms with Crippen LogP contribution in [0.15, 0.2) is 28.7 Å². The molecule has 0 spiro atoms. The first-order valence-corrected chi connectivity index (χ1v) is 6.21. The Morgan fingerprint density at radius 3 is 2.65 bits per heavy atom. The predicted octanol–water partition coefficient (Wildman–Crippen LogP) is 1.12. The molecule has 1 aromatic rings. The molecule has 0 radical (unpaired) electrons. The van der Waals surface area contributed by atoms with Crippen LogP contribution in [0, 0.1) is 0 Å². The van der Waals surface area contributed by atoms with E-state index < -0.39 is 0 Å². The molecule has 0 aliphatic carbocycles. The van der Waals surface area contributed by atoms with Gasteiger partial charge >= 0.3 is 0 Å². The highest BCUT2D eigenvalue weighted by Crippen LogP contribution is 2.10. The summed E-state index contributed by atoms with van der Waals surface area (Å²) in [5.41, 5.74) is 0.974. The van der Waals surface area contributed by atoms with Gasteiger partial charge in [0.1, 0.15) is 0 Å². The smallest absolute Gasteiger partial charge is 0.224 e. The van der Waals surface area contributed by atoms with E-state index in [1.54, 1.807) is 0 Å². The summed E-state index contributed by atoms with van der Waals surface area (Å²) in [6, 6.07) is 7.64. The fourth-order valence-corrected chi connectivity index (χ4v) is 1.54. The zero-order valence-electron chi connectivity index (χ0n) is 9.49. The Morgan fingerprint density at radius 2 is 2.00 bits per heavy atom. The van der Waals surface area contributed by atoms with Gasteiger partial charge in [-0.15, -0.1) is 0 Å². The molecule has 0 aliphatic rings. The average molecular weight is 302 g/mol. The lowest BCUT2D eigenvalue weighted by Crippen LogP contribution is -2.28. The molecule has 0 aromatic heterocycles. The lowest BCUT2D eigenvalue weighted by atomic mass is 10.1. The van der Waals surface area contributed by atoms with Crippen molar-refractivity contribution < 1.29 is 14.6 Å². The monoisotopic (exact) mass is 301 g/mol. The van der Waals surface area contributed by atoms with E-state index >= 15 is 0 Å². The van der Waals surface area contributed by atoms with Crippen molar-refractivity contribution >= 4 is 21.8 Å². The van der Waals surface area contributed by atoms with Crippen LogP contribution in [-0.2, 0) is 16.0 Å². The van der Waals surface area contributed by atoms with E-state index in [1.807, 2.05) is 24.3 Å². The molecule has 17 heavy (non-hydrogen) atoms. The molecule has 1 rings (SSSR count). The molecular formula is C12H16BrNO3. The van der Waals surface area contributed by atoms with E-state index in [9.17, 15) is 4.79 Å². The molecule has 0 atom stereocenters. The maximum absolute atomic E-state index is 11.5. The van der Waals surface area contributed by atoms with Crippen LogP contribution < -0.4 is 5.32 Å². The molecule has 4 nitrogen and oxygen atoms in total. The molecule has 0 saturated carbocycles. The number of hydrogen-bond donors (Lipinski definition) is 2. The number of rotatable bonds is 7. The molecule has 2 N–H and O–H groups in total. The number of nitrogens with one attached hydrogen (secondary N) is 1. The van der Waals surface area contributed by atoms with Crippen LogP contribution in [0.2, 0.25) is 0 Å². The van der Waals surface area contributed by atoms with Crippen LogP contribution in [0.1, 0.15) is 5.56 Å². The van der Waals surface area contributed by atoms with Crippen LogP contribution in [0.5, 0.6) is 0 Å². The molecule has 0 bridgehead atoms. The normalized spacial score (nSPS) is 10.2. The minimum absolute atomic E-state index is 0.00679. The minimum Gasteiger partial charge on any atom is -0.394 e. The van der Waals surface area contributed by atoms with Gasteiger partial charge in [-0.05, 0) is 17.7 Å². The summed E-state index contributed by atoms with van der Waals surface area (Å²) in [6.07, 6.45) is 0.368. The Hall–Kier alpha value is -0.910. The first-order valence-electron chi connectivity index (χ1n) is 5.42. The third-order valence-electron chi connectivity index (χ3n) is 2.08. The van der Waals surface area contributed by atoms with Crippen LogP contribution in [0.25, 0.3) is 0 Å². The maximum atomic E-state index is 11.5. The van der Waals surface area contributed by atoms with Crippen LogP contribution >= 0.6 is 15.9 Å². The van der Waals surface area contributed by atoms with Gasteiger partial charge in [-0.3, -0.25) is 4.79 Å². The Morgan fingerprint density at radius 1 is 1.29 bits per heavy atom. The Bertz CT molecular complexity index is 340. The Labute approximate surface area is 109 Å². The number of halogens is 1. The molecular weight excluding hydrogens is 286 g/mol. The van der Waals surface area contributed by atoms with Crippen molar-refractivity contribution in [3.8, 4) is 0 Å². The molecule has 0 unspecified atom stereocenters. The van der Waals surface area contributed by atoms with Gasteiger partial charge in [0.15, 0.2) is 0 Å². The molecule has 0 heterocycles. The second-order valence-electron chi connectivity index (χ2n) is 3.49. The summed E-state index contributed by atoms with van der Waals surface area (Å²) < 4.78 is 6.03. The quantitative estimate of drug-likeness (QED) is 0.742. The topological polar surface area (TPSA) is 58.6 Å². The van der Waals surface area contributed by atoms with Crippen molar-refractivity contribution in [1.29, 1.82) is 0 Å². The number of hydrogen-bond acceptors (Lipinski definition) is 3. The summed E-state index contributed by atoms with van der Waals surface area (Å²) in [5, 5.41) is 11.2. The molecule has 1 amide bonds. The zero-order chi connectivity index (χ0) is 12.5. The molecule has 1 aromatic carbocycles. The largest absolute Gasteiger partial charge is 0.394 e. The summed E-state index contributed by atoms with van der Waals surface area (Å²) >= 11 is 3.34. The SMILES string of the molecule is O=C(Cc1ccc(Br)cc1)NCCOCCO. The van der Waals surface area contributed by atoms with Gasteiger partial charge in [-0.1, -0.05) is 28.1 Å². The molecule has 0 fully saturated rings. The number of aliphatic hydroxyl groups is 1. The Kier molecular flexibility index (Phi) is 6.84. The summed E-state index contributed by atoms with van der Waals surface area (Å²) in [6.45, 7) is 1.21. The van der Waals surface area contributed by atoms with E-state index in [0.717, 1.165) is 10.0 Å². The van der Waals surface area contributed by atoms with Crippen molar-refractivity contribution in [2.75, 3.05) is 26.4 Å². The van der Waals surface area contributed by atoms with Crippen LogP contribution in [0.3, 0.4) is 0 Å². The fourth-order valence-electron chi connectivity index (χ4n) is 1.28. The predicted molar refractivity (Wildman–Crippen MR) is 68.8 cm³/mol. The number of aliphatic hydroxyl groups excluding tert-OH is 1. The lowest BCUT2D eigenvalue weighted by molar-refractivity contribution is -0.120. The maximum Gasteiger partial charge on any atom is 0.224 e. The number of carbonyl (C=O) groups excluding carboxylic acids is 1. The highest BCUT2D eigenvalue weighted by atomic mass is 79.9. The van der Waals surface area contributed by atoms with Gasteiger partial charge in [0.25, 0.3) is 0 Å². The zero-order valence-corrected chi connectivity index (χ0v) is 11.1. The lowest BCUT2D eigenvalue weighted by Gasteiger charge is -2.05. The van der Waals surface area contributed by atoms with Crippen molar-refractivity contribution in [3.63, 3.8) is 0 Å². The van der Waals surface area contributed by atoms with E-state index in [2.05, 4.69) is 21.2 Å². The number of benzene rings is 1. The molecule has 94 valence electrons. The fraction of sp³-hybridized carbons (Fsp3) is 0.417. The van der Waals surface area contributed by atoms with E-state index in [4.69, 9.17) is 9.84 Å². The van der Waals surface area contributed by atoms with Gasteiger partial charge in [-0.25, -0.2) is 0 Å². The second kappa shape index (κ2) is 8.22. The van der Waals surface area contributed by atoms with Crippen molar-refractivity contribution in [2.24, 2.45) is 0 Å². The van der Waals surface area contributed by atoms with Gasteiger partial charge in [0.2, 0.25) is 5.91 Å². The third-order valence-corrected chi connectivity index (χ3v) is 2.61. The first-order chi connectivity index (χ1) is 8.22. The standard InChI is InChI=1S/C12H16BrNO3/c13-11-3-1-10(2-4-11)9-12(16)14-5-7-17-8-6-15/h1-4,15H,5-9H2,(H,14,16). The van der Waals surface area contributed by atoms with E-state index in [1.165, 1.54) is 0 Å². The van der Waals surface area contributed by atoms with Crippen molar-refractivity contribution in [1.82, 2.24) is 5.32 Å². The first kappa shape index (κ1) is 14.2. The molecule has 0 aliphatic heterocycles. The van der Waals surface area contributed by atoms with E-state index in [0.29, 0.717) is 26.2 Å². The molecule has 0 saturated heterocycles. The number of carbonyl (C=O) groups is 1. The highest BCUT2D eigenvalue weighted by Gasteiger charge is 2.02. The van der Waals surface area contributed by atoms with Crippen LogP contribution in [0.4, 0.5) is 0 Å². The number of ether oxygens (including phenoxy) is 1. The summed E-state index contributed by atoms with van der Waals surface area (Å²) in [5.74, 6) is -0.0279. The van der Waals surface area contributed by atoms with Crippen molar-refractivity contribution in [3.05, 3.63) is 34.3 Å².